The van der Waals surface area contributed by atoms with Crippen LogP contribution in [0.1, 0.15) is 27.3 Å². The van der Waals surface area contributed by atoms with Crippen molar-refractivity contribution in [3.63, 3.8) is 0 Å². The van der Waals surface area contributed by atoms with Crippen molar-refractivity contribution in [2.75, 3.05) is 0 Å². The number of benzene rings is 3. The highest BCUT2D eigenvalue weighted by atomic mass is 16.1. The van der Waals surface area contributed by atoms with Crippen molar-refractivity contribution in [2.24, 2.45) is 4.99 Å². The van der Waals surface area contributed by atoms with E-state index in [0.717, 1.165) is 5.69 Å². The van der Waals surface area contributed by atoms with E-state index in [2.05, 4.69) is 20.5 Å². The fourth-order valence-corrected chi connectivity index (χ4v) is 2.97. The molecule has 0 fully saturated rings. The largest absolute Gasteiger partial charge is 0.289 e. The quantitative estimate of drug-likeness (QED) is 0.372. The summed E-state index contributed by atoms with van der Waals surface area (Å²) in [7, 11) is 0. The summed E-state index contributed by atoms with van der Waals surface area (Å²) in [5, 5.41) is 11.9. The maximum atomic E-state index is 12.8. The van der Waals surface area contributed by atoms with Crippen molar-refractivity contribution in [2.45, 2.75) is 13.3 Å². The second-order valence-corrected chi connectivity index (χ2v) is 6.57. The molecular weight excluding hydrogens is 362 g/mol. The Labute approximate surface area is 168 Å². The second kappa shape index (κ2) is 8.39. The van der Waals surface area contributed by atoms with Gasteiger partial charge in [-0.05, 0) is 41.6 Å². The molecule has 142 valence electrons. The van der Waals surface area contributed by atoms with Crippen molar-refractivity contribution in [1.29, 1.82) is 0 Å². The number of hydrogen-bond acceptors (Lipinski definition) is 5. The number of para-hydroxylation sites is 1. The average Bonchev–Trinajstić information content (AvgIpc) is 3.23. The number of carbonyl (C=O) groups excluding carboxylic acids is 1. The first kappa shape index (κ1) is 18.4. The highest BCUT2D eigenvalue weighted by molar-refractivity contribution is 6.12. The molecule has 6 nitrogen and oxygen atoms in total. The summed E-state index contributed by atoms with van der Waals surface area (Å²) in [6.07, 6.45) is 2.17. The third-order valence-electron chi connectivity index (χ3n) is 4.50. The Bertz CT molecular complexity index is 1150. The van der Waals surface area contributed by atoms with E-state index in [1.807, 2.05) is 67.6 Å². The molecule has 4 aromatic rings. The molecule has 0 aliphatic rings. The van der Waals surface area contributed by atoms with E-state index < -0.39 is 0 Å². The molecule has 0 aliphatic carbocycles. The van der Waals surface area contributed by atoms with E-state index in [4.69, 9.17) is 0 Å². The molecule has 1 heterocycles. The maximum absolute atomic E-state index is 12.8. The fraction of sp³-hybridized carbons (Fsp3) is 0.0870. The minimum atomic E-state index is -0.0529. The predicted octanol–water partition coefficient (Wildman–Crippen LogP) is 4.15. The Morgan fingerprint density at radius 1 is 0.966 bits per heavy atom. The lowest BCUT2D eigenvalue weighted by molar-refractivity contribution is 0.103. The van der Waals surface area contributed by atoms with Crippen LogP contribution in [0.25, 0.3) is 5.69 Å². The second-order valence-electron chi connectivity index (χ2n) is 6.57. The number of aromatic nitrogens is 4. The summed E-state index contributed by atoms with van der Waals surface area (Å²) in [6.45, 7) is 2.03. The van der Waals surface area contributed by atoms with Crippen LogP contribution in [0.15, 0.2) is 83.9 Å². The summed E-state index contributed by atoms with van der Waals surface area (Å²) < 4.78 is 1.69. The van der Waals surface area contributed by atoms with E-state index in [0.29, 0.717) is 29.1 Å². The minimum Gasteiger partial charge on any atom is -0.289 e. The Morgan fingerprint density at radius 2 is 1.69 bits per heavy atom. The maximum Gasteiger partial charge on any atom is 0.195 e. The molecule has 6 heteroatoms. The first-order valence-electron chi connectivity index (χ1n) is 9.28. The smallest absolute Gasteiger partial charge is 0.195 e. The third kappa shape index (κ3) is 4.16. The van der Waals surface area contributed by atoms with Crippen molar-refractivity contribution in [1.82, 2.24) is 20.2 Å². The van der Waals surface area contributed by atoms with Gasteiger partial charge in [0, 0.05) is 23.8 Å². The molecule has 0 bridgehead atoms. The van der Waals surface area contributed by atoms with Gasteiger partial charge in [0.1, 0.15) is 0 Å². The zero-order chi connectivity index (χ0) is 20.1. The molecule has 0 atom stereocenters. The molecule has 0 aliphatic heterocycles. The number of aryl methyl sites for hydroxylation is 1. The number of nitrogens with zero attached hydrogens (tertiary/aromatic N) is 5. The van der Waals surface area contributed by atoms with Gasteiger partial charge in [-0.1, -0.05) is 60.2 Å². The molecule has 3 aromatic carbocycles. The zero-order valence-electron chi connectivity index (χ0n) is 15.9. The van der Waals surface area contributed by atoms with Gasteiger partial charge in [0.25, 0.3) is 0 Å². The topological polar surface area (TPSA) is 73.0 Å². The summed E-state index contributed by atoms with van der Waals surface area (Å²) in [6, 6.07) is 24.5. The van der Waals surface area contributed by atoms with Gasteiger partial charge in [0.05, 0.1) is 11.4 Å². The lowest BCUT2D eigenvalue weighted by atomic mass is 10.0. The Balaban J connectivity index is 1.55. The normalized spacial score (nSPS) is 11.1. The van der Waals surface area contributed by atoms with Gasteiger partial charge in [-0.3, -0.25) is 9.79 Å². The Morgan fingerprint density at radius 3 is 2.48 bits per heavy atom. The summed E-state index contributed by atoms with van der Waals surface area (Å²) >= 11 is 0. The van der Waals surface area contributed by atoms with E-state index in [1.54, 1.807) is 29.1 Å². The number of rotatable bonds is 6. The van der Waals surface area contributed by atoms with Crippen LogP contribution in [-0.2, 0) is 6.42 Å². The third-order valence-corrected chi connectivity index (χ3v) is 4.50. The van der Waals surface area contributed by atoms with Crippen LogP contribution in [0.2, 0.25) is 0 Å². The van der Waals surface area contributed by atoms with Gasteiger partial charge in [-0.2, -0.15) is 4.68 Å². The van der Waals surface area contributed by atoms with Crippen LogP contribution in [0, 0.1) is 6.92 Å². The zero-order valence-corrected chi connectivity index (χ0v) is 15.9. The summed E-state index contributed by atoms with van der Waals surface area (Å²) in [4.78, 5) is 17.3. The van der Waals surface area contributed by atoms with E-state index in [1.165, 1.54) is 5.56 Å². The van der Waals surface area contributed by atoms with Crippen molar-refractivity contribution < 1.29 is 4.79 Å². The van der Waals surface area contributed by atoms with E-state index in [-0.39, 0.29) is 5.78 Å². The fourth-order valence-electron chi connectivity index (χ4n) is 2.97. The van der Waals surface area contributed by atoms with Crippen LogP contribution in [-0.4, -0.2) is 32.2 Å². The summed E-state index contributed by atoms with van der Waals surface area (Å²) in [5.41, 5.74) is 3.88. The molecule has 0 N–H and O–H groups in total. The predicted molar refractivity (Wildman–Crippen MR) is 112 cm³/mol. The van der Waals surface area contributed by atoms with Gasteiger partial charge >= 0.3 is 0 Å². The van der Waals surface area contributed by atoms with Crippen molar-refractivity contribution in [3.8, 4) is 5.69 Å². The molecule has 0 spiro atoms. The SMILES string of the molecule is Cc1ccc(-n2nnnc2CC=Nc2ccccc2C(=O)c2ccccc2)cc1. The van der Waals surface area contributed by atoms with Crippen LogP contribution < -0.4 is 0 Å². The molecule has 29 heavy (non-hydrogen) atoms. The van der Waals surface area contributed by atoms with Gasteiger partial charge in [-0.15, -0.1) is 5.10 Å². The molecule has 0 unspecified atom stereocenters. The monoisotopic (exact) mass is 381 g/mol. The van der Waals surface area contributed by atoms with Gasteiger partial charge < -0.3 is 0 Å². The number of hydrogen-bond donors (Lipinski definition) is 0. The molecule has 0 saturated heterocycles. The molecular formula is C23H19N5O. The molecule has 0 radical (unpaired) electrons. The van der Waals surface area contributed by atoms with Crippen LogP contribution in [0.4, 0.5) is 5.69 Å². The number of aliphatic imine (C=N–C) groups is 1. The van der Waals surface area contributed by atoms with E-state index in [9.17, 15) is 4.79 Å². The number of ketones is 1. The van der Waals surface area contributed by atoms with Gasteiger partial charge in [0.2, 0.25) is 0 Å². The van der Waals surface area contributed by atoms with Crippen LogP contribution in [0.3, 0.4) is 0 Å². The van der Waals surface area contributed by atoms with Crippen molar-refractivity contribution >= 4 is 17.7 Å². The number of carbonyl (C=O) groups is 1. The lowest BCUT2D eigenvalue weighted by Crippen LogP contribution is -2.04. The standard InChI is InChI=1S/C23H19N5O/c1-17-11-13-19(14-12-17)28-22(25-26-27-28)15-16-24-21-10-6-5-9-20(21)23(29)18-7-3-2-4-8-18/h2-14,16H,15H2,1H3. The Kier molecular flexibility index (Phi) is 5.33. The van der Waals surface area contributed by atoms with Crippen LogP contribution >= 0.6 is 0 Å². The highest BCUT2D eigenvalue weighted by Crippen LogP contribution is 2.22. The van der Waals surface area contributed by atoms with Crippen molar-refractivity contribution in [3.05, 3.63) is 101 Å². The molecule has 0 amide bonds. The molecule has 0 saturated carbocycles. The average molecular weight is 381 g/mol. The first-order chi connectivity index (χ1) is 14.2. The Hall–Kier alpha value is -3.93. The van der Waals surface area contributed by atoms with Crippen LogP contribution in [0.5, 0.6) is 0 Å². The lowest BCUT2D eigenvalue weighted by Gasteiger charge is -2.05. The number of tetrazole rings is 1. The van der Waals surface area contributed by atoms with Gasteiger partial charge in [0.15, 0.2) is 11.6 Å². The summed E-state index contributed by atoms with van der Waals surface area (Å²) in [5.74, 6) is 0.618. The van der Waals surface area contributed by atoms with E-state index >= 15 is 0 Å². The minimum absolute atomic E-state index is 0.0529. The highest BCUT2D eigenvalue weighted by Gasteiger charge is 2.12. The molecule has 1 aromatic heterocycles. The molecule has 4 rings (SSSR count). The van der Waals surface area contributed by atoms with Gasteiger partial charge in [-0.25, -0.2) is 0 Å². The first-order valence-corrected chi connectivity index (χ1v) is 9.28.